The molecule has 1 atom stereocenters. The highest BCUT2D eigenvalue weighted by Crippen LogP contribution is 2.20. The lowest BCUT2D eigenvalue weighted by atomic mass is 10.1. The molecule has 18 heavy (non-hydrogen) atoms. The Morgan fingerprint density at radius 2 is 2.28 bits per heavy atom. The summed E-state index contributed by atoms with van der Waals surface area (Å²) >= 11 is 0. The Kier molecular flexibility index (Phi) is 3.87. The zero-order valence-electron chi connectivity index (χ0n) is 11.1. The van der Waals surface area contributed by atoms with Crippen molar-refractivity contribution in [2.24, 2.45) is 0 Å². The molecule has 1 aliphatic rings. The topological polar surface area (TPSA) is 38.8 Å². The summed E-state index contributed by atoms with van der Waals surface area (Å²) in [5.74, 6) is 0.797. The van der Waals surface area contributed by atoms with Gasteiger partial charge in [0.1, 0.15) is 5.75 Å². The lowest BCUT2D eigenvalue weighted by molar-refractivity contribution is -0.0124. The van der Waals surface area contributed by atoms with E-state index >= 15 is 0 Å². The van der Waals surface area contributed by atoms with E-state index in [9.17, 15) is 4.79 Å². The third-order valence-corrected chi connectivity index (χ3v) is 3.18. The van der Waals surface area contributed by atoms with Crippen LogP contribution in [0.4, 0.5) is 0 Å². The van der Waals surface area contributed by atoms with Crippen LogP contribution in [0.1, 0.15) is 22.8 Å². The standard InChI is InChI=1S/C14H19NO3/c1-10-4-5-12(8-13(10)17-3)14(16)15-6-7-18-11(2)9-15/h4-5,8,11H,6-7,9H2,1-3H3. The Morgan fingerprint density at radius 1 is 1.50 bits per heavy atom. The summed E-state index contributed by atoms with van der Waals surface area (Å²) in [5, 5.41) is 0. The molecule has 1 unspecified atom stereocenters. The second kappa shape index (κ2) is 5.40. The largest absolute Gasteiger partial charge is 0.496 e. The number of hydrogen-bond donors (Lipinski definition) is 0. The van der Waals surface area contributed by atoms with E-state index in [0.29, 0.717) is 25.3 Å². The van der Waals surface area contributed by atoms with Crippen LogP contribution in [0.3, 0.4) is 0 Å². The van der Waals surface area contributed by atoms with Crippen molar-refractivity contribution < 1.29 is 14.3 Å². The molecule has 1 heterocycles. The van der Waals surface area contributed by atoms with Gasteiger partial charge < -0.3 is 14.4 Å². The lowest BCUT2D eigenvalue weighted by Crippen LogP contribution is -2.44. The number of hydrogen-bond acceptors (Lipinski definition) is 3. The quantitative estimate of drug-likeness (QED) is 0.803. The van der Waals surface area contributed by atoms with E-state index in [-0.39, 0.29) is 12.0 Å². The van der Waals surface area contributed by atoms with Gasteiger partial charge in [0.05, 0.1) is 19.8 Å². The second-order valence-corrected chi connectivity index (χ2v) is 4.62. The molecule has 1 aliphatic heterocycles. The number of nitrogens with zero attached hydrogens (tertiary/aromatic N) is 1. The first-order valence-corrected chi connectivity index (χ1v) is 6.17. The predicted octanol–water partition coefficient (Wildman–Crippen LogP) is 1.86. The maximum Gasteiger partial charge on any atom is 0.254 e. The molecule has 0 bridgehead atoms. The van der Waals surface area contributed by atoms with Gasteiger partial charge in [0, 0.05) is 18.7 Å². The van der Waals surface area contributed by atoms with Crippen molar-refractivity contribution in [1.82, 2.24) is 4.90 Å². The highest BCUT2D eigenvalue weighted by Gasteiger charge is 2.22. The summed E-state index contributed by atoms with van der Waals surface area (Å²) in [6.07, 6.45) is 0.107. The van der Waals surface area contributed by atoms with Crippen LogP contribution in [-0.2, 0) is 4.74 Å². The van der Waals surface area contributed by atoms with Gasteiger partial charge in [-0.2, -0.15) is 0 Å². The minimum absolute atomic E-state index is 0.0449. The van der Waals surface area contributed by atoms with E-state index in [0.717, 1.165) is 11.3 Å². The molecule has 4 nitrogen and oxygen atoms in total. The number of rotatable bonds is 2. The van der Waals surface area contributed by atoms with Gasteiger partial charge in [0.2, 0.25) is 0 Å². The summed E-state index contributed by atoms with van der Waals surface area (Å²) in [4.78, 5) is 14.2. The van der Waals surface area contributed by atoms with Crippen LogP contribution in [0.25, 0.3) is 0 Å². The molecule has 0 N–H and O–H groups in total. The Balaban J connectivity index is 2.17. The van der Waals surface area contributed by atoms with Crippen molar-refractivity contribution in [3.05, 3.63) is 29.3 Å². The first-order valence-electron chi connectivity index (χ1n) is 6.17. The number of morpholine rings is 1. The molecule has 4 heteroatoms. The molecule has 0 aliphatic carbocycles. The lowest BCUT2D eigenvalue weighted by Gasteiger charge is -2.31. The molecule has 1 saturated heterocycles. The van der Waals surface area contributed by atoms with Gasteiger partial charge in [-0.3, -0.25) is 4.79 Å². The van der Waals surface area contributed by atoms with Gasteiger partial charge >= 0.3 is 0 Å². The van der Waals surface area contributed by atoms with Gasteiger partial charge in [0.25, 0.3) is 5.91 Å². The molecule has 0 saturated carbocycles. The normalized spacial score (nSPS) is 19.7. The number of carbonyl (C=O) groups excluding carboxylic acids is 1. The fourth-order valence-electron chi connectivity index (χ4n) is 2.14. The molecular weight excluding hydrogens is 230 g/mol. The van der Waals surface area contributed by atoms with E-state index < -0.39 is 0 Å². The summed E-state index contributed by atoms with van der Waals surface area (Å²) in [6, 6.07) is 5.56. The van der Waals surface area contributed by atoms with Crippen molar-refractivity contribution in [1.29, 1.82) is 0 Å². The Morgan fingerprint density at radius 3 is 2.94 bits per heavy atom. The summed E-state index contributed by atoms with van der Waals surface area (Å²) in [6.45, 7) is 5.85. The van der Waals surface area contributed by atoms with E-state index in [1.165, 1.54) is 0 Å². The zero-order chi connectivity index (χ0) is 13.1. The van der Waals surface area contributed by atoms with E-state index in [1.807, 2.05) is 30.9 Å². The molecule has 2 rings (SSSR count). The van der Waals surface area contributed by atoms with E-state index in [1.54, 1.807) is 13.2 Å². The van der Waals surface area contributed by atoms with Crippen LogP contribution in [0.2, 0.25) is 0 Å². The fourth-order valence-corrected chi connectivity index (χ4v) is 2.14. The highest BCUT2D eigenvalue weighted by atomic mass is 16.5. The van der Waals surface area contributed by atoms with Crippen LogP contribution in [0.15, 0.2) is 18.2 Å². The van der Waals surface area contributed by atoms with Crippen LogP contribution in [-0.4, -0.2) is 43.7 Å². The van der Waals surface area contributed by atoms with Gasteiger partial charge in [-0.15, -0.1) is 0 Å². The number of carbonyl (C=O) groups is 1. The van der Waals surface area contributed by atoms with E-state index in [4.69, 9.17) is 9.47 Å². The predicted molar refractivity (Wildman–Crippen MR) is 69.0 cm³/mol. The van der Waals surface area contributed by atoms with Crippen molar-refractivity contribution in [3.63, 3.8) is 0 Å². The first kappa shape index (κ1) is 12.9. The summed E-state index contributed by atoms with van der Waals surface area (Å²) in [7, 11) is 1.62. The maximum atomic E-state index is 12.3. The molecule has 1 amide bonds. The number of amides is 1. The smallest absolute Gasteiger partial charge is 0.254 e. The second-order valence-electron chi connectivity index (χ2n) is 4.62. The SMILES string of the molecule is COc1cc(C(=O)N2CCOC(C)C2)ccc1C. The van der Waals surface area contributed by atoms with Crippen LogP contribution in [0.5, 0.6) is 5.75 Å². The van der Waals surface area contributed by atoms with Gasteiger partial charge in [-0.1, -0.05) is 6.07 Å². The molecule has 0 aromatic heterocycles. The third-order valence-electron chi connectivity index (χ3n) is 3.18. The molecule has 1 aromatic carbocycles. The monoisotopic (exact) mass is 249 g/mol. The maximum absolute atomic E-state index is 12.3. The summed E-state index contributed by atoms with van der Waals surface area (Å²) in [5.41, 5.74) is 1.70. The highest BCUT2D eigenvalue weighted by molar-refractivity contribution is 5.94. The van der Waals surface area contributed by atoms with Crippen LogP contribution in [0, 0.1) is 6.92 Å². The Bertz CT molecular complexity index is 445. The minimum atomic E-state index is 0.0449. The Labute approximate surface area is 107 Å². The van der Waals surface area contributed by atoms with Crippen molar-refractivity contribution >= 4 is 5.91 Å². The third kappa shape index (κ3) is 2.64. The molecular formula is C14H19NO3. The number of benzene rings is 1. The van der Waals surface area contributed by atoms with Crippen LogP contribution < -0.4 is 4.74 Å². The van der Waals surface area contributed by atoms with Crippen molar-refractivity contribution in [2.45, 2.75) is 20.0 Å². The van der Waals surface area contributed by atoms with E-state index in [2.05, 4.69) is 0 Å². The van der Waals surface area contributed by atoms with Gasteiger partial charge in [-0.25, -0.2) is 0 Å². The molecule has 1 aromatic rings. The van der Waals surface area contributed by atoms with Crippen molar-refractivity contribution in [3.8, 4) is 5.75 Å². The van der Waals surface area contributed by atoms with Crippen molar-refractivity contribution in [2.75, 3.05) is 26.8 Å². The average Bonchev–Trinajstić information content (AvgIpc) is 2.38. The Hall–Kier alpha value is -1.55. The molecule has 98 valence electrons. The molecule has 0 radical (unpaired) electrons. The fraction of sp³-hybridized carbons (Fsp3) is 0.500. The zero-order valence-corrected chi connectivity index (χ0v) is 11.1. The minimum Gasteiger partial charge on any atom is -0.496 e. The first-order chi connectivity index (χ1) is 8.61. The number of methoxy groups -OCH3 is 1. The summed E-state index contributed by atoms with van der Waals surface area (Å²) < 4.78 is 10.7. The molecule has 1 fully saturated rings. The number of aryl methyl sites for hydroxylation is 1. The average molecular weight is 249 g/mol. The molecule has 0 spiro atoms. The van der Waals surface area contributed by atoms with Gasteiger partial charge in [-0.05, 0) is 31.5 Å². The van der Waals surface area contributed by atoms with Gasteiger partial charge in [0.15, 0.2) is 0 Å². The van der Waals surface area contributed by atoms with Crippen LogP contribution >= 0.6 is 0 Å². The number of ether oxygens (including phenoxy) is 2.